The monoisotopic (exact) mass is 514 g/mol. The Morgan fingerprint density at radius 1 is 1.14 bits per heavy atom. The van der Waals surface area contributed by atoms with E-state index in [1.54, 1.807) is 13.3 Å². The van der Waals surface area contributed by atoms with Crippen molar-refractivity contribution in [2.75, 3.05) is 45.2 Å². The van der Waals surface area contributed by atoms with Gasteiger partial charge in [0.15, 0.2) is 17.5 Å². The van der Waals surface area contributed by atoms with E-state index < -0.39 is 0 Å². The lowest BCUT2D eigenvalue weighted by atomic mass is 10.2. The summed E-state index contributed by atoms with van der Waals surface area (Å²) in [6.07, 6.45) is 2.61. The number of guanidine groups is 1. The average molecular weight is 514 g/mol. The molecule has 0 saturated heterocycles. The third-order valence-corrected chi connectivity index (χ3v) is 4.82. The fraction of sp³-hybridized carbons (Fsp3) is 0.476. The molecule has 0 radical (unpaired) electrons. The van der Waals surface area contributed by atoms with Crippen LogP contribution in [-0.2, 0) is 0 Å². The van der Waals surface area contributed by atoms with E-state index in [4.69, 9.17) is 13.9 Å². The predicted molar refractivity (Wildman–Crippen MR) is 127 cm³/mol. The first-order valence-corrected chi connectivity index (χ1v) is 9.89. The highest BCUT2D eigenvalue weighted by molar-refractivity contribution is 14.0. The van der Waals surface area contributed by atoms with Crippen LogP contribution in [-0.4, -0.2) is 50.8 Å². The van der Waals surface area contributed by atoms with Gasteiger partial charge in [-0.2, -0.15) is 0 Å². The van der Waals surface area contributed by atoms with Crippen molar-refractivity contribution < 1.29 is 13.9 Å². The lowest BCUT2D eigenvalue weighted by molar-refractivity contribution is 0.193. The van der Waals surface area contributed by atoms with Crippen LogP contribution in [0.4, 0.5) is 5.69 Å². The Morgan fingerprint density at radius 2 is 1.90 bits per heavy atom. The maximum Gasteiger partial charge on any atom is 0.195 e. The zero-order valence-electron chi connectivity index (χ0n) is 17.3. The molecule has 1 aromatic heterocycles. The smallest absolute Gasteiger partial charge is 0.195 e. The fourth-order valence-electron chi connectivity index (χ4n) is 3.31. The SMILES string of the molecule is CCN(CC)C(CNC(=NC)Nc1ccc2c(c1)OCCCO2)c1ccco1.I. The third kappa shape index (κ3) is 6.27. The number of furan rings is 1. The summed E-state index contributed by atoms with van der Waals surface area (Å²) in [5, 5.41) is 6.74. The number of rotatable bonds is 7. The number of aliphatic imine (C=N–C) groups is 1. The second-order valence-electron chi connectivity index (χ2n) is 6.54. The van der Waals surface area contributed by atoms with E-state index in [9.17, 15) is 0 Å². The van der Waals surface area contributed by atoms with Gasteiger partial charge in [-0.15, -0.1) is 24.0 Å². The minimum atomic E-state index is 0. The summed E-state index contributed by atoms with van der Waals surface area (Å²) in [5.74, 6) is 3.18. The van der Waals surface area contributed by atoms with Crippen LogP contribution >= 0.6 is 24.0 Å². The van der Waals surface area contributed by atoms with Gasteiger partial charge in [-0.05, 0) is 37.4 Å². The van der Waals surface area contributed by atoms with Crippen molar-refractivity contribution in [3.8, 4) is 11.5 Å². The lowest BCUT2D eigenvalue weighted by Gasteiger charge is -2.28. The van der Waals surface area contributed by atoms with Crippen LogP contribution in [0.5, 0.6) is 11.5 Å². The quantitative estimate of drug-likeness (QED) is 0.329. The Labute approximate surface area is 189 Å². The van der Waals surface area contributed by atoms with Gasteiger partial charge in [-0.1, -0.05) is 13.8 Å². The van der Waals surface area contributed by atoms with Gasteiger partial charge in [0.05, 0.1) is 25.5 Å². The van der Waals surface area contributed by atoms with Crippen molar-refractivity contribution in [3.63, 3.8) is 0 Å². The molecule has 7 nitrogen and oxygen atoms in total. The summed E-state index contributed by atoms with van der Waals surface area (Å²) in [7, 11) is 1.76. The van der Waals surface area contributed by atoms with Gasteiger partial charge >= 0.3 is 0 Å². The highest BCUT2D eigenvalue weighted by Gasteiger charge is 2.21. The van der Waals surface area contributed by atoms with E-state index in [2.05, 4.69) is 34.4 Å². The Hall–Kier alpha value is -1.94. The first kappa shape index (κ1) is 23.3. The Balaban J connectivity index is 0.00000300. The van der Waals surface area contributed by atoms with Crippen LogP contribution < -0.4 is 20.1 Å². The second-order valence-corrected chi connectivity index (χ2v) is 6.54. The van der Waals surface area contributed by atoms with E-state index >= 15 is 0 Å². The predicted octanol–water partition coefficient (Wildman–Crippen LogP) is 4.13. The minimum absolute atomic E-state index is 0. The number of ether oxygens (including phenoxy) is 2. The van der Waals surface area contributed by atoms with E-state index in [-0.39, 0.29) is 30.0 Å². The molecule has 1 aliphatic rings. The number of anilines is 1. The maximum absolute atomic E-state index is 5.77. The molecule has 1 atom stereocenters. The van der Waals surface area contributed by atoms with Crippen LogP contribution in [0.3, 0.4) is 0 Å². The molecule has 0 fully saturated rings. The second kappa shape index (κ2) is 11.9. The molecule has 2 heterocycles. The zero-order valence-corrected chi connectivity index (χ0v) is 19.6. The molecule has 2 aromatic rings. The van der Waals surface area contributed by atoms with Crippen molar-refractivity contribution in [1.29, 1.82) is 0 Å². The first-order valence-electron chi connectivity index (χ1n) is 9.89. The molecule has 0 aliphatic carbocycles. The first-order chi connectivity index (χ1) is 13.7. The van der Waals surface area contributed by atoms with E-state index in [1.807, 2.05) is 30.3 Å². The highest BCUT2D eigenvalue weighted by Crippen LogP contribution is 2.32. The Bertz CT molecular complexity index is 763. The Kier molecular flexibility index (Phi) is 9.59. The minimum Gasteiger partial charge on any atom is -0.490 e. The number of hydrogen-bond acceptors (Lipinski definition) is 5. The normalized spacial score (nSPS) is 14.7. The standard InChI is InChI=1S/C21H30N4O3.HI/c1-4-25(5-2)17(18-8-6-11-26-18)15-23-21(22-3)24-16-9-10-19-20(14-16)28-13-7-12-27-19;/h6,8-11,14,17H,4-5,7,12-13,15H2,1-3H3,(H2,22,23,24);1H. The molecule has 0 bridgehead atoms. The van der Waals surface area contributed by atoms with Crippen LogP contribution in [0.15, 0.2) is 46.0 Å². The molecule has 29 heavy (non-hydrogen) atoms. The van der Waals surface area contributed by atoms with Gasteiger partial charge in [0.1, 0.15) is 5.76 Å². The molecule has 160 valence electrons. The van der Waals surface area contributed by atoms with Crippen LogP contribution in [0.1, 0.15) is 32.1 Å². The number of hydrogen-bond donors (Lipinski definition) is 2. The average Bonchev–Trinajstić information content (AvgIpc) is 3.15. The molecule has 0 amide bonds. The number of likely N-dealkylation sites (N-methyl/N-ethyl adjacent to an activating group) is 1. The topological polar surface area (TPSA) is 71.3 Å². The molecular weight excluding hydrogens is 483 g/mol. The molecule has 8 heteroatoms. The summed E-state index contributed by atoms with van der Waals surface area (Å²) in [4.78, 5) is 6.71. The van der Waals surface area contributed by atoms with Gasteiger partial charge in [-0.3, -0.25) is 9.89 Å². The Morgan fingerprint density at radius 3 is 2.55 bits per heavy atom. The van der Waals surface area contributed by atoms with Crippen LogP contribution in [0.25, 0.3) is 0 Å². The van der Waals surface area contributed by atoms with Gasteiger partial charge in [-0.25, -0.2) is 0 Å². The molecular formula is C21H31IN4O3. The summed E-state index contributed by atoms with van der Waals surface area (Å²) >= 11 is 0. The van der Waals surface area contributed by atoms with Gasteiger partial charge < -0.3 is 24.5 Å². The van der Waals surface area contributed by atoms with Crippen molar-refractivity contribution in [2.45, 2.75) is 26.3 Å². The maximum atomic E-state index is 5.77. The van der Waals surface area contributed by atoms with Crippen LogP contribution in [0, 0.1) is 0 Å². The summed E-state index contributed by atoms with van der Waals surface area (Å²) in [6.45, 7) is 8.23. The summed E-state index contributed by atoms with van der Waals surface area (Å²) in [6, 6.07) is 9.92. The van der Waals surface area contributed by atoms with E-state index in [1.165, 1.54) is 0 Å². The van der Waals surface area contributed by atoms with Crippen molar-refractivity contribution in [3.05, 3.63) is 42.4 Å². The number of fused-ring (bicyclic) bond motifs is 1. The summed E-state index contributed by atoms with van der Waals surface area (Å²) < 4.78 is 17.1. The van der Waals surface area contributed by atoms with Gasteiger partial charge in [0.2, 0.25) is 0 Å². The number of halogens is 1. The highest BCUT2D eigenvalue weighted by atomic mass is 127. The molecule has 2 N–H and O–H groups in total. The van der Waals surface area contributed by atoms with Crippen molar-refractivity contribution >= 4 is 35.6 Å². The lowest BCUT2D eigenvalue weighted by Crippen LogP contribution is -2.40. The zero-order chi connectivity index (χ0) is 19.8. The fourth-order valence-corrected chi connectivity index (χ4v) is 3.31. The third-order valence-electron chi connectivity index (χ3n) is 4.82. The summed E-state index contributed by atoms with van der Waals surface area (Å²) in [5.41, 5.74) is 0.898. The molecule has 1 aromatic carbocycles. The van der Waals surface area contributed by atoms with E-state index in [0.29, 0.717) is 25.7 Å². The van der Waals surface area contributed by atoms with Crippen LogP contribution in [0.2, 0.25) is 0 Å². The molecule has 3 rings (SSSR count). The van der Waals surface area contributed by atoms with Gasteiger partial charge in [0.25, 0.3) is 0 Å². The van der Waals surface area contributed by atoms with Crippen molar-refractivity contribution in [2.24, 2.45) is 4.99 Å². The van der Waals surface area contributed by atoms with E-state index in [0.717, 1.165) is 42.5 Å². The number of benzene rings is 1. The molecule has 0 spiro atoms. The number of nitrogens with zero attached hydrogens (tertiary/aromatic N) is 2. The molecule has 1 aliphatic heterocycles. The molecule has 1 unspecified atom stereocenters. The largest absolute Gasteiger partial charge is 0.490 e. The van der Waals surface area contributed by atoms with Gasteiger partial charge in [0, 0.05) is 31.8 Å². The molecule has 0 saturated carbocycles. The number of nitrogens with one attached hydrogen (secondary N) is 2. The van der Waals surface area contributed by atoms with Crippen molar-refractivity contribution in [1.82, 2.24) is 10.2 Å².